The molecule has 1 heterocycles. The molecule has 3 rings (SSSR count). The molecular formula is C17H16Br2N4OS. The first-order valence-corrected chi connectivity index (χ1v) is 9.67. The van der Waals surface area contributed by atoms with E-state index in [1.807, 2.05) is 49.4 Å². The van der Waals surface area contributed by atoms with E-state index >= 15 is 0 Å². The molecule has 0 spiro atoms. The highest BCUT2D eigenvalue weighted by Gasteiger charge is 2.11. The van der Waals surface area contributed by atoms with Crippen LogP contribution in [-0.2, 0) is 6.54 Å². The number of hydrogen-bond acceptors (Lipinski definition) is 4. The predicted octanol–water partition coefficient (Wildman–Crippen LogP) is 5.28. The summed E-state index contributed by atoms with van der Waals surface area (Å²) in [4.78, 5) is 0. The molecule has 0 saturated carbocycles. The fourth-order valence-corrected chi connectivity index (χ4v) is 4.10. The van der Waals surface area contributed by atoms with Crippen molar-refractivity contribution in [1.29, 1.82) is 0 Å². The van der Waals surface area contributed by atoms with E-state index in [-0.39, 0.29) is 0 Å². The van der Waals surface area contributed by atoms with Crippen LogP contribution in [0.4, 0.5) is 0 Å². The number of aromatic amines is 1. The van der Waals surface area contributed by atoms with Crippen LogP contribution in [0.3, 0.4) is 0 Å². The Hall–Kier alpha value is -1.64. The van der Waals surface area contributed by atoms with Gasteiger partial charge in [0.2, 0.25) is 4.77 Å². The number of nitrogens with one attached hydrogen (secondary N) is 2. The lowest BCUT2D eigenvalue weighted by molar-refractivity contribution is 0.336. The molecule has 0 fully saturated rings. The number of aromatic nitrogens is 3. The van der Waals surface area contributed by atoms with Gasteiger partial charge in [0.1, 0.15) is 5.75 Å². The van der Waals surface area contributed by atoms with Crippen LogP contribution in [0.2, 0.25) is 0 Å². The third-order valence-corrected chi connectivity index (χ3v) is 4.94. The van der Waals surface area contributed by atoms with Gasteiger partial charge in [0.25, 0.3) is 0 Å². The highest BCUT2D eigenvalue weighted by Crippen LogP contribution is 2.34. The number of benzene rings is 2. The number of H-pyrrole nitrogens is 1. The topological polar surface area (TPSA) is 54.9 Å². The third kappa shape index (κ3) is 4.13. The molecule has 2 N–H and O–H groups in total. The Morgan fingerprint density at radius 2 is 1.88 bits per heavy atom. The molecule has 0 aliphatic carbocycles. The quantitative estimate of drug-likeness (QED) is 0.468. The largest absolute Gasteiger partial charge is 0.492 e. The van der Waals surface area contributed by atoms with Crippen LogP contribution in [0.5, 0.6) is 5.75 Å². The van der Waals surface area contributed by atoms with Crippen molar-refractivity contribution in [2.24, 2.45) is 0 Å². The zero-order valence-corrected chi connectivity index (χ0v) is 17.4. The molecule has 0 aliphatic rings. The molecule has 5 nitrogen and oxygen atoms in total. The zero-order valence-electron chi connectivity index (χ0n) is 13.4. The van der Waals surface area contributed by atoms with Gasteiger partial charge < -0.3 is 10.2 Å². The molecule has 25 heavy (non-hydrogen) atoms. The Morgan fingerprint density at radius 3 is 2.52 bits per heavy atom. The van der Waals surface area contributed by atoms with Gasteiger partial charge in [-0.2, -0.15) is 5.10 Å². The van der Waals surface area contributed by atoms with Crippen LogP contribution in [0.1, 0.15) is 12.5 Å². The molecule has 0 unspecified atom stereocenters. The molecule has 0 amide bonds. The first-order chi connectivity index (χ1) is 12.1. The Labute approximate surface area is 167 Å². The molecular weight excluding hydrogens is 468 g/mol. The van der Waals surface area contributed by atoms with E-state index < -0.39 is 0 Å². The molecule has 130 valence electrons. The summed E-state index contributed by atoms with van der Waals surface area (Å²) >= 11 is 12.4. The van der Waals surface area contributed by atoms with Crippen molar-refractivity contribution in [2.75, 3.05) is 12.0 Å². The minimum atomic E-state index is 0.517. The Balaban J connectivity index is 1.83. The average molecular weight is 484 g/mol. The van der Waals surface area contributed by atoms with Crippen LogP contribution in [-0.4, -0.2) is 21.5 Å². The second-order valence-corrected chi connectivity index (χ2v) is 7.31. The summed E-state index contributed by atoms with van der Waals surface area (Å²) in [5, 5.41) is 7.15. The molecule has 0 saturated heterocycles. The summed E-state index contributed by atoms with van der Waals surface area (Å²) in [5.74, 6) is 1.55. The highest BCUT2D eigenvalue weighted by atomic mass is 79.9. The maximum absolute atomic E-state index is 5.62. The Morgan fingerprint density at radius 1 is 1.20 bits per heavy atom. The van der Waals surface area contributed by atoms with E-state index in [9.17, 15) is 0 Å². The third-order valence-electron chi connectivity index (χ3n) is 3.49. The number of rotatable bonds is 6. The fraction of sp³-hybridized carbons (Fsp3) is 0.176. The van der Waals surface area contributed by atoms with Gasteiger partial charge in [-0.25, -0.2) is 9.77 Å². The molecule has 0 bridgehead atoms. The molecule has 0 atom stereocenters. The lowest BCUT2D eigenvalue weighted by Crippen LogP contribution is -2.16. The normalized spacial score (nSPS) is 10.7. The van der Waals surface area contributed by atoms with E-state index in [4.69, 9.17) is 17.0 Å². The minimum absolute atomic E-state index is 0.517. The van der Waals surface area contributed by atoms with Crippen molar-refractivity contribution in [3.05, 3.63) is 61.7 Å². The van der Waals surface area contributed by atoms with E-state index in [1.165, 1.54) is 0 Å². The summed E-state index contributed by atoms with van der Waals surface area (Å²) in [6, 6.07) is 13.9. The van der Waals surface area contributed by atoms with E-state index in [2.05, 4.69) is 47.5 Å². The maximum Gasteiger partial charge on any atom is 0.214 e. The van der Waals surface area contributed by atoms with Crippen LogP contribution in [0.25, 0.3) is 11.4 Å². The van der Waals surface area contributed by atoms with Crippen LogP contribution in [0.15, 0.2) is 51.4 Å². The van der Waals surface area contributed by atoms with Crippen molar-refractivity contribution >= 4 is 44.1 Å². The van der Waals surface area contributed by atoms with Gasteiger partial charge >= 0.3 is 0 Å². The van der Waals surface area contributed by atoms with Crippen LogP contribution >= 0.6 is 44.1 Å². The van der Waals surface area contributed by atoms with Gasteiger partial charge in [0.05, 0.1) is 22.1 Å². The second-order valence-electron chi connectivity index (χ2n) is 5.21. The molecule has 1 aromatic heterocycles. The molecule has 0 aliphatic heterocycles. The van der Waals surface area contributed by atoms with Crippen molar-refractivity contribution < 1.29 is 4.74 Å². The molecule has 2 aromatic carbocycles. The van der Waals surface area contributed by atoms with Crippen molar-refractivity contribution in [3.8, 4) is 17.1 Å². The number of halogens is 2. The fourth-order valence-electron chi connectivity index (χ4n) is 2.39. The lowest BCUT2D eigenvalue weighted by atomic mass is 10.2. The van der Waals surface area contributed by atoms with Crippen molar-refractivity contribution in [1.82, 2.24) is 14.9 Å². The molecule has 3 aromatic rings. The maximum atomic E-state index is 5.62. The molecule has 0 radical (unpaired) electrons. The van der Waals surface area contributed by atoms with E-state index in [1.54, 1.807) is 4.68 Å². The predicted molar refractivity (Wildman–Crippen MR) is 109 cm³/mol. The first kappa shape index (κ1) is 18.2. The van der Waals surface area contributed by atoms with Gasteiger partial charge in [0, 0.05) is 5.56 Å². The SMILES string of the molecule is CCOc1c(Br)cc(CNn2c(-c3ccccc3)n[nH]c2=S)cc1Br. The summed E-state index contributed by atoms with van der Waals surface area (Å²) in [7, 11) is 0. The van der Waals surface area contributed by atoms with Gasteiger partial charge in [-0.3, -0.25) is 0 Å². The van der Waals surface area contributed by atoms with E-state index in [0.29, 0.717) is 17.9 Å². The van der Waals surface area contributed by atoms with Gasteiger partial charge in [-0.1, -0.05) is 30.3 Å². The smallest absolute Gasteiger partial charge is 0.214 e. The van der Waals surface area contributed by atoms with E-state index in [0.717, 1.165) is 31.6 Å². The standard InChI is InChI=1S/C17H16Br2N4OS/c1-2-24-15-13(18)8-11(9-14(15)19)10-20-23-16(21-22-17(23)25)12-6-4-3-5-7-12/h3-9,20H,2,10H2,1H3,(H,22,25). The summed E-state index contributed by atoms with van der Waals surface area (Å²) in [5.41, 5.74) is 5.37. The summed E-state index contributed by atoms with van der Waals surface area (Å²) < 4.78 is 9.72. The van der Waals surface area contributed by atoms with Gasteiger partial charge in [-0.15, -0.1) is 0 Å². The minimum Gasteiger partial charge on any atom is -0.492 e. The number of hydrogen-bond donors (Lipinski definition) is 2. The second kappa shape index (κ2) is 8.16. The van der Waals surface area contributed by atoms with Crippen LogP contribution < -0.4 is 10.2 Å². The van der Waals surface area contributed by atoms with Gasteiger partial charge in [-0.05, 0) is 68.7 Å². The first-order valence-electron chi connectivity index (χ1n) is 7.67. The van der Waals surface area contributed by atoms with Gasteiger partial charge in [0.15, 0.2) is 5.82 Å². The van der Waals surface area contributed by atoms with Crippen molar-refractivity contribution in [2.45, 2.75) is 13.5 Å². The number of ether oxygens (including phenoxy) is 1. The highest BCUT2D eigenvalue weighted by molar-refractivity contribution is 9.11. The average Bonchev–Trinajstić information content (AvgIpc) is 2.98. The van der Waals surface area contributed by atoms with Crippen LogP contribution in [0, 0.1) is 4.77 Å². The lowest BCUT2D eigenvalue weighted by Gasteiger charge is -2.13. The zero-order chi connectivity index (χ0) is 17.8. The summed E-state index contributed by atoms with van der Waals surface area (Å²) in [6.07, 6.45) is 0. The Kier molecular flexibility index (Phi) is 5.93. The molecule has 8 heteroatoms. The Bertz CT molecular complexity index is 901. The summed E-state index contributed by atoms with van der Waals surface area (Å²) in [6.45, 7) is 3.15. The van der Waals surface area contributed by atoms with Crippen molar-refractivity contribution in [3.63, 3.8) is 0 Å². The monoisotopic (exact) mass is 482 g/mol. The number of nitrogens with zero attached hydrogens (tertiary/aromatic N) is 2.